The summed E-state index contributed by atoms with van der Waals surface area (Å²) in [6.07, 6.45) is 0. The van der Waals surface area contributed by atoms with Crippen molar-refractivity contribution < 1.29 is 0 Å². The van der Waals surface area contributed by atoms with Gasteiger partial charge in [0.15, 0.2) is 0 Å². The molecule has 0 saturated carbocycles. The first kappa shape index (κ1) is 8.26. The van der Waals surface area contributed by atoms with Gasteiger partial charge < -0.3 is 5.73 Å². The molecule has 3 heteroatoms. The molecule has 0 unspecified atom stereocenters. The van der Waals surface area contributed by atoms with Crippen LogP contribution in [0.4, 0.5) is 5.82 Å². The molecule has 2 rings (SSSR count). The SMILES string of the molecule is Cc1sc(-c2ccccc2)nc1N. The van der Waals surface area contributed by atoms with Crippen LogP contribution in [0.15, 0.2) is 30.3 Å². The summed E-state index contributed by atoms with van der Waals surface area (Å²) < 4.78 is 0. The van der Waals surface area contributed by atoms with Gasteiger partial charge >= 0.3 is 0 Å². The highest BCUT2D eigenvalue weighted by molar-refractivity contribution is 7.15. The molecule has 0 atom stereocenters. The minimum atomic E-state index is 0.642. The summed E-state index contributed by atoms with van der Waals surface area (Å²) in [6, 6.07) is 10.1. The molecule has 0 radical (unpaired) electrons. The second kappa shape index (κ2) is 3.18. The summed E-state index contributed by atoms with van der Waals surface area (Å²) in [5, 5.41) is 0.996. The molecule has 1 heterocycles. The van der Waals surface area contributed by atoms with Gasteiger partial charge in [0.25, 0.3) is 0 Å². The number of nitrogens with two attached hydrogens (primary N) is 1. The largest absolute Gasteiger partial charge is 0.383 e. The molecule has 0 aliphatic heterocycles. The van der Waals surface area contributed by atoms with E-state index in [1.54, 1.807) is 11.3 Å². The van der Waals surface area contributed by atoms with Crippen molar-refractivity contribution in [3.63, 3.8) is 0 Å². The van der Waals surface area contributed by atoms with Gasteiger partial charge in [-0.25, -0.2) is 4.98 Å². The number of nitrogens with zero attached hydrogens (tertiary/aromatic N) is 1. The Morgan fingerprint density at radius 1 is 1.23 bits per heavy atom. The van der Waals surface area contributed by atoms with Gasteiger partial charge in [-0.1, -0.05) is 30.3 Å². The molecule has 1 aromatic heterocycles. The van der Waals surface area contributed by atoms with E-state index in [1.165, 1.54) is 0 Å². The zero-order chi connectivity index (χ0) is 9.26. The van der Waals surface area contributed by atoms with Crippen molar-refractivity contribution in [2.24, 2.45) is 0 Å². The van der Waals surface area contributed by atoms with E-state index in [-0.39, 0.29) is 0 Å². The van der Waals surface area contributed by atoms with Crippen LogP contribution in [-0.2, 0) is 0 Å². The van der Waals surface area contributed by atoms with Gasteiger partial charge in [0.2, 0.25) is 0 Å². The Morgan fingerprint density at radius 3 is 2.46 bits per heavy atom. The topological polar surface area (TPSA) is 38.9 Å². The third-order valence-corrected chi connectivity index (χ3v) is 2.89. The van der Waals surface area contributed by atoms with Crippen molar-refractivity contribution >= 4 is 17.2 Å². The fourth-order valence-corrected chi connectivity index (χ4v) is 1.95. The first-order chi connectivity index (χ1) is 6.27. The molecule has 0 amide bonds. The Kier molecular flexibility index (Phi) is 2.02. The van der Waals surface area contributed by atoms with Crippen molar-refractivity contribution in [2.45, 2.75) is 6.92 Å². The van der Waals surface area contributed by atoms with Gasteiger partial charge in [0.05, 0.1) is 0 Å². The predicted molar refractivity (Wildman–Crippen MR) is 56.7 cm³/mol. The Balaban J connectivity index is 2.48. The number of aromatic nitrogens is 1. The molecule has 2 nitrogen and oxygen atoms in total. The zero-order valence-electron chi connectivity index (χ0n) is 7.32. The first-order valence-electron chi connectivity index (χ1n) is 4.05. The average molecular weight is 190 g/mol. The number of benzene rings is 1. The maximum atomic E-state index is 5.68. The molecule has 2 N–H and O–H groups in total. The summed E-state index contributed by atoms with van der Waals surface area (Å²) in [4.78, 5) is 5.36. The molecule has 13 heavy (non-hydrogen) atoms. The van der Waals surface area contributed by atoms with Gasteiger partial charge in [0.1, 0.15) is 10.8 Å². The van der Waals surface area contributed by atoms with Gasteiger partial charge in [-0.15, -0.1) is 11.3 Å². The van der Waals surface area contributed by atoms with Crippen LogP contribution in [0.5, 0.6) is 0 Å². The van der Waals surface area contributed by atoms with Crippen LogP contribution in [0.25, 0.3) is 10.6 Å². The Labute approximate surface area is 81.1 Å². The molecule has 0 aliphatic carbocycles. The number of thiazole rings is 1. The lowest BCUT2D eigenvalue weighted by molar-refractivity contribution is 1.39. The van der Waals surface area contributed by atoms with Crippen molar-refractivity contribution in [1.29, 1.82) is 0 Å². The second-order valence-electron chi connectivity index (χ2n) is 2.83. The molecule has 0 fully saturated rings. The quantitative estimate of drug-likeness (QED) is 0.751. The monoisotopic (exact) mass is 190 g/mol. The lowest BCUT2D eigenvalue weighted by atomic mass is 10.2. The van der Waals surface area contributed by atoms with Crippen LogP contribution >= 0.6 is 11.3 Å². The molecule has 66 valence electrons. The van der Waals surface area contributed by atoms with Crippen LogP contribution in [-0.4, -0.2) is 4.98 Å². The average Bonchev–Trinajstić information content (AvgIpc) is 2.49. The molecule has 1 aromatic carbocycles. The molecule has 0 aliphatic rings. The standard InChI is InChI=1S/C10H10N2S/c1-7-9(11)12-10(13-7)8-5-3-2-4-6-8/h2-6H,11H2,1H3. The number of hydrogen-bond acceptors (Lipinski definition) is 3. The van der Waals surface area contributed by atoms with Crippen LogP contribution < -0.4 is 5.73 Å². The van der Waals surface area contributed by atoms with E-state index >= 15 is 0 Å². The molecular weight excluding hydrogens is 180 g/mol. The molecular formula is C10H10N2S. The third kappa shape index (κ3) is 1.55. The highest BCUT2D eigenvalue weighted by atomic mass is 32.1. The zero-order valence-corrected chi connectivity index (χ0v) is 8.14. The lowest BCUT2D eigenvalue weighted by Crippen LogP contribution is -1.85. The number of nitrogen functional groups attached to an aromatic ring is 1. The van der Waals surface area contributed by atoms with Crippen molar-refractivity contribution in [2.75, 3.05) is 5.73 Å². The first-order valence-corrected chi connectivity index (χ1v) is 4.87. The fourth-order valence-electron chi connectivity index (χ4n) is 1.11. The molecule has 0 saturated heterocycles. The van der Waals surface area contributed by atoms with E-state index in [1.807, 2.05) is 37.3 Å². The maximum Gasteiger partial charge on any atom is 0.138 e. The smallest absolute Gasteiger partial charge is 0.138 e. The van der Waals surface area contributed by atoms with E-state index in [9.17, 15) is 0 Å². The second-order valence-corrected chi connectivity index (χ2v) is 4.03. The summed E-state index contributed by atoms with van der Waals surface area (Å²) in [5.41, 5.74) is 6.81. The number of hydrogen-bond donors (Lipinski definition) is 1. The van der Waals surface area contributed by atoms with E-state index in [0.717, 1.165) is 15.4 Å². The van der Waals surface area contributed by atoms with E-state index in [2.05, 4.69) is 4.98 Å². The van der Waals surface area contributed by atoms with Gasteiger partial charge in [-0.2, -0.15) is 0 Å². The van der Waals surface area contributed by atoms with E-state index in [4.69, 9.17) is 5.73 Å². The van der Waals surface area contributed by atoms with Crippen LogP contribution in [0.3, 0.4) is 0 Å². The summed E-state index contributed by atoms with van der Waals surface area (Å²) >= 11 is 1.63. The lowest BCUT2D eigenvalue weighted by Gasteiger charge is -1.92. The molecule has 0 spiro atoms. The number of anilines is 1. The Hall–Kier alpha value is -1.35. The minimum absolute atomic E-state index is 0.642. The summed E-state index contributed by atoms with van der Waals surface area (Å²) in [7, 11) is 0. The Bertz CT molecular complexity index is 387. The molecule has 2 aromatic rings. The molecule has 0 bridgehead atoms. The Morgan fingerprint density at radius 2 is 1.92 bits per heavy atom. The highest BCUT2D eigenvalue weighted by Gasteiger charge is 2.05. The van der Waals surface area contributed by atoms with Crippen molar-refractivity contribution in [3.8, 4) is 10.6 Å². The fraction of sp³-hybridized carbons (Fsp3) is 0.100. The van der Waals surface area contributed by atoms with E-state index in [0.29, 0.717) is 5.82 Å². The van der Waals surface area contributed by atoms with Crippen molar-refractivity contribution in [3.05, 3.63) is 35.2 Å². The van der Waals surface area contributed by atoms with Gasteiger partial charge in [0, 0.05) is 10.4 Å². The van der Waals surface area contributed by atoms with Crippen molar-refractivity contribution in [1.82, 2.24) is 4.98 Å². The third-order valence-electron chi connectivity index (χ3n) is 1.85. The van der Waals surface area contributed by atoms with Gasteiger partial charge in [-0.05, 0) is 6.92 Å². The predicted octanol–water partition coefficient (Wildman–Crippen LogP) is 2.70. The van der Waals surface area contributed by atoms with Gasteiger partial charge in [-0.3, -0.25) is 0 Å². The summed E-state index contributed by atoms with van der Waals surface area (Å²) in [6.45, 7) is 1.99. The van der Waals surface area contributed by atoms with E-state index < -0.39 is 0 Å². The number of aryl methyl sites for hydroxylation is 1. The maximum absolute atomic E-state index is 5.68. The minimum Gasteiger partial charge on any atom is -0.383 e. The van der Waals surface area contributed by atoms with Crippen LogP contribution in [0, 0.1) is 6.92 Å². The van der Waals surface area contributed by atoms with Crippen LogP contribution in [0.1, 0.15) is 4.88 Å². The summed E-state index contributed by atoms with van der Waals surface area (Å²) in [5.74, 6) is 0.642. The number of rotatable bonds is 1. The van der Waals surface area contributed by atoms with Crippen LogP contribution in [0.2, 0.25) is 0 Å². The normalized spacial score (nSPS) is 10.2. The highest BCUT2D eigenvalue weighted by Crippen LogP contribution is 2.28.